The summed E-state index contributed by atoms with van der Waals surface area (Å²) in [5.74, 6) is 0.650. The van der Waals surface area contributed by atoms with Gasteiger partial charge in [0, 0.05) is 0 Å². The second-order valence-corrected chi connectivity index (χ2v) is 4.26. The first-order valence-corrected chi connectivity index (χ1v) is 4.46. The summed E-state index contributed by atoms with van der Waals surface area (Å²) in [4.78, 5) is 0. The van der Waals surface area contributed by atoms with Crippen molar-refractivity contribution in [1.29, 1.82) is 0 Å². The summed E-state index contributed by atoms with van der Waals surface area (Å²) in [7, 11) is 0. The Kier molecular flexibility index (Phi) is 1.26. The first-order valence-electron chi connectivity index (χ1n) is 4.46. The normalized spacial score (nSPS) is 47.6. The fourth-order valence-electron chi connectivity index (χ4n) is 2.38. The summed E-state index contributed by atoms with van der Waals surface area (Å²) in [6.07, 6.45) is 6.72. The van der Waals surface area contributed by atoms with Crippen LogP contribution in [0.2, 0.25) is 0 Å². The minimum Gasteiger partial charge on any atom is -0.362 e. The molecule has 1 heteroatoms. The Bertz CT molecular complexity index is 207. The van der Waals surface area contributed by atoms with Crippen LogP contribution in [0.25, 0.3) is 0 Å². The molecule has 1 saturated heterocycles. The third-order valence-corrected chi connectivity index (χ3v) is 3.29. The molecule has 0 spiro atoms. The van der Waals surface area contributed by atoms with Crippen molar-refractivity contribution in [2.24, 2.45) is 5.92 Å². The summed E-state index contributed by atoms with van der Waals surface area (Å²) < 4.78 is 5.85. The molecule has 1 aliphatic heterocycles. The van der Waals surface area contributed by atoms with Crippen molar-refractivity contribution >= 4 is 0 Å². The predicted molar refractivity (Wildman–Crippen MR) is 45.4 cm³/mol. The molecule has 2 aliphatic rings. The van der Waals surface area contributed by atoms with E-state index in [1.165, 1.54) is 0 Å². The average molecular weight is 152 g/mol. The van der Waals surface area contributed by atoms with Crippen LogP contribution in [-0.4, -0.2) is 11.2 Å². The van der Waals surface area contributed by atoms with E-state index in [1.54, 1.807) is 0 Å². The van der Waals surface area contributed by atoms with Crippen LogP contribution in [0.5, 0.6) is 0 Å². The molecule has 0 aromatic heterocycles. The van der Waals surface area contributed by atoms with E-state index >= 15 is 0 Å². The first kappa shape index (κ1) is 7.35. The Balaban J connectivity index is 2.24. The summed E-state index contributed by atoms with van der Waals surface area (Å²) in [6.45, 7) is 6.74. The Morgan fingerprint density at radius 3 is 2.36 bits per heavy atom. The van der Waals surface area contributed by atoms with Crippen molar-refractivity contribution in [2.75, 3.05) is 0 Å². The summed E-state index contributed by atoms with van der Waals surface area (Å²) >= 11 is 0. The van der Waals surface area contributed by atoms with Crippen LogP contribution >= 0.6 is 0 Å². The number of rotatable bonds is 1. The molecule has 0 bridgehead atoms. The molecule has 0 aromatic carbocycles. The average Bonchev–Trinajstić information content (AvgIpc) is 2.56. The molecular weight excluding hydrogens is 136 g/mol. The molecule has 0 radical (unpaired) electrons. The fourth-order valence-corrected chi connectivity index (χ4v) is 2.38. The number of ether oxygens (including phenoxy) is 1. The standard InChI is InChI=1S/C10H16O/c1-8(2)10-7-5-4-6-9(10,3)11-10/h4-5,8H,6-7H2,1-3H3. The van der Waals surface area contributed by atoms with E-state index in [0.717, 1.165) is 12.8 Å². The van der Waals surface area contributed by atoms with E-state index in [4.69, 9.17) is 4.74 Å². The molecule has 1 fully saturated rings. The van der Waals surface area contributed by atoms with Crippen molar-refractivity contribution in [1.82, 2.24) is 0 Å². The lowest BCUT2D eigenvalue weighted by atomic mass is 9.77. The summed E-state index contributed by atoms with van der Waals surface area (Å²) in [6, 6.07) is 0. The quantitative estimate of drug-likeness (QED) is 0.415. The Morgan fingerprint density at radius 1 is 1.27 bits per heavy atom. The highest BCUT2D eigenvalue weighted by Crippen LogP contribution is 2.59. The zero-order chi connectivity index (χ0) is 8.11. The van der Waals surface area contributed by atoms with Gasteiger partial charge in [0.25, 0.3) is 0 Å². The minimum absolute atomic E-state index is 0.177. The Hall–Kier alpha value is -0.300. The van der Waals surface area contributed by atoms with Crippen LogP contribution in [0.1, 0.15) is 33.6 Å². The molecule has 2 rings (SSSR count). The van der Waals surface area contributed by atoms with E-state index < -0.39 is 0 Å². The van der Waals surface area contributed by atoms with Gasteiger partial charge in [0.1, 0.15) is 5.60 Å². The molecule has 2 unspecified atom stereocenters. The van der Waals surface area contributed by atoms with Gasteiger partial charge >= 0.3 is 0 Å². The largest absolute Gasteiger partial charge is 0.362 e. The van der Waals surface area contributed by atoms with E-state index in [0.29, 0.717) is 5.92 Å². The molecule has 0 N–H and O–H groups in total. The predicted octanol–water partition coefficient (Wildman–Crippen LogP) is 2.52. The van der Waals surface area contributed by atoms with E-state index in [9.17, 15) is 0 Å². The van der Waals surface area contributed by atoms with Gasteiger partial charge in [-0.1, -0.05) is 26.0 Å². The SMILES string of the molecule is CC(C)C12CC=CCC1(C)O2. The smallest absolute Gasteiger partial charge is 0.104 e. The van der Waals surface area contributed by atoms with Gasteiger partial charge in [0.15, 0.2) is 0 Å². The molecule has 2 atom stereocenters. The zero-order valence-corrected chi connectivity index (χ0v) is 7.55. The lowest BCUT2D eigenvalue weighted by Gasteiger charge is -2.21. The van der Waals surface area contributed by atoms with Crippen molar-refractivity contribution in [3.63, 3.8) is 0 Å². The van der Waals surface area contributed by atoms with Crippen LogP contribution in [0, 0.1) is 5.92 Å². The molecule has 1 nitrogen and oxygen atoms in total. The summed E-state index contributed by atoms with van der Waals surface area (Å²) in [5, 5.41) is 0. The molecule has 1 aliphatic carbocycles. The van der Waals surface area contributed by atoms with Crippen molar-refractivity contribution in [2.45, 2.75) is 44.8 Å². The van der Waals surface area contributed by atoms with Gasteiger partial charge in [0.2, 0.25) is 0 Å². The highest BCUT2D eigenvalue weighted by molar-refractivity contribution is 5.23. The maximum absolute atomic E-state index is 5.85. The number of fused-ring (bicyclic) bond motifs is 1. The number of hydrogen-bond donors (Lipinski definition) is 0. The minimum atomic E-state index is 0.177. The lowest BCUT2D eigenvalue weighted by molar-refractivity contribution is 0.231. The van der Waals surface area contributed by atoms with Crippen LogP contribution in [0.4, 0.5) is 0 Å². The molecule has 62 valence electrons. The second-order valence-electron chi connectivity index (χ2n) is 4.26. The maximum Gasteiger partial charge on any atom is 0.104 e. The van der Waals surface area contributed by atoms with Gasteiger partial charge in [0.05, 0.1) is 5.60 Å². The molecule has 11 heavy (non-hydrogen) atoms. The van der Waals surface area contributed by atoms with Gasteiger partial charge in [-0.15, -0.1) is 0 Å². The monoisotopic (exact) mass is 152 g/mol. The van der Waals surface area contributed by atoms with Gasteiger partial charge in [-0.2, -0.15) is 0 Å². The van der Waals surface area contributed by atoms with Crippen molar-refractivity contribution in [3.05, 3.63) is 12.2 Å². The number of epoxide rings is 1. The van der Waals surface area contributed by atoms with Crippen LogP contribution in [0.3, 0.4) is 0 Å². The topological polar surface area (TPSA) is 12.5 Å². The summed E-state index contributed by atoms with van der Waals surface area (Å²) in [5.41, 5.74) is 0.373. The Labute approximate surface area is 68.4 Å². The third kappa shape index (κ3) is 0.750. The van der Waals surface area contributed by atoms with Gasteiger partial charge in [-0.3, -0.25) is 0 Å². The van der Waals surface area contributed by atoms with Crippen molar-refractivity contribution < 1.29 is 4.74 Å². The van der Waals surface area contributed by atoms with Gasteiger partial charge in [-0.05, 0) is 25.7 Å². The lowest BCUT2D eigenvalue weighted by Crippen LogP contribution is -2.30. The van der Waals surface area contributed by atoms with Crippen LogP contribution < -0.4 is 0 Å². The Morgan fingerprint density at radius 2 is 1.91 bits per heavy atom. The maximum atomic E-state index is 5.85. The highest BCUT2D eigenvalue weighted by atomic mass is 16.6. The first-order chi connectivity index (χ1) is 5.11. The van der Waals surface area contributed by atoms with Crippen LogP contribution in [-0.2, 0) is 4.74 Å². The molecule has 0 amide bonds. The number of hydrogen-bond acceptors (Lipinski definition) is 1. The molecular formula is C10H16O. The molecule has 0 saturated carbocycles. The van der Waals surface area contributed by atoms with Crippen LogP contribution in [0.15, 0.2) is 12.2 Å². The second kappa shape index (κ2) is 1.89. The molecule has 0 aromatic rings. The molecule has 1 heterocycles. The van der Waals surface area contributed by atoms with E-state index in [2.05, 4.69) is 32.9 Å². The fraction of sp³-hybridized carbons (Fsp3) is 0.800. The van der Waals surface area contributed by atoms with Gasteiger partial charge < -0.3 is 4.74 Å². The van der Waals surface area contributed by atoms with Crippen molar-refractivity contribution in [3.8, 4) is 0 Å². The highest BCUT2D eigenvalue weighted by Gasteiger charge is 2.67. The third-order valence-electron chi connectivity index (χ3n) is 3.29. The van der Waals surface area contributed by atoms with Gasteiger partial charge in [-0.25, -0.2) is 0 Å². The van der Waals surface area contributed by atoms with E-state index in [-0.39, 0.29) is 11.2 Å². The zero-order valence-electron chi connectivity index (χ0n) is 7.55. The van der Waals surface area contributed by atoms with E-state index in [1.807, 2.05) is 0 Å².